The van der Waals surface area contributed by atoms with Crippen LogP contribution in [0.2, 0.25) is 0 Å². The van der Waals surface area contributed by atoms with Crippen molar-refractivity contribution in [3.05, 3.63) is 29.8 Å². The molecule has 0 aliphatic heterocycles. The Hall–Kier alpha value is -0.970. The molecule has 4 nitrogen and oxygen atoms in total. The fourth-order valence-corrected chi connectivity index (χ4v) is 1.97. The fourth-order valence-electron chi connectivity index (χ4n) is 1.97. The molecule has 0 aliphatic rings. The van der Waals surface area contributed by atoms with E-state index in [4.69, 9.17) is 0 Å². The van der Waals surface area contributed by atoms with Crippen molar-refractivity contribution in [3.63, 3.8) is 0 Å². The summed E-state index contributed by atoms with van der Waals surface area (Å²) in [6.45, 7) is 7.78. The number of carbonyl (C=O) groups excluding carboxylic acids is 1. The molecule has 21 heavy (non-hydrogen) atoms. The first kappa shape index (κ1) is 22.3. The van der Waals surface area contributed by atoms with Crippen molar-refractivity contribution in [1.82, 2.24) is 10.6 Å². The molecule has 0 bridgehead atoms. The fraction of sp³-hybridized carbons (Fsp3) is 0.533. The number of nitrogens with one attached hydrogen (secondary N) is 2. The second-order valence-electron chi connectivity index (χ2n) is 4.49. The number of hydrogen-bond donors (Lipinski definition) is 2. The number of amides is 1. The van der Waals surface area contributed by atoms with Gasteiger partial charge in [-0.2, -0.15) is 0 Å². The summed E-state index contributed by atoms with van der Waals surface area (Å²) in [4.78, 5) is 14.2. The van der Waals surface area contributed by atoms with Crippen LogP contribution in [0.1, 0.15) is 30.6 Å². The summed E-state index contributed by atoms with van der Waals surface area (Å²) in [5.41, 5.74) is 1.89. The van der Waals surface area contributed by atoms with Gasteiger partial charge in [0.25, 0.3) is 5.91 Å². The van der Waals surface area contributed by atoms with Gasteiger partial charge in [-0.3, -0.25) is 4.79 Å². The minimum atomic E-state index is -0.0136. The van der Waals surface area contributed by atoms with E-state index in [2.05, 4.69) is 29.4 Å². The van der Waals surface area contributed by atoms with Crippen LogP contribution in [0.5, 0.6) is 0 Å². The second kappa shape index (κ2) is 12.7. The third kappa shape index (κ3) is 7.55. The minimum absolute atomic E-state index is 0. The topological polar surface area (TPSA) is 44.4 Å². The molecule has 0 aliphatic carbocycles. The van der Waals surface area contributed by atoms with E-state index in [1.165, 1.54) is 5.69 Å². The Bertz CT molecular complexity index is 385. The zero-order valence-corrected chi connectivity index (χ0v) is 14.6. The van der Waals surface area contributed by atoms with Gasteiger partial charge in [0.2, 0.25) is 0 Å². The van der Waals surface area contributed by atoms with E-state index >= 15 is 0 Å². The van der Waals surface area contributed by atoms with Crippen molar-refractivity contribution < 1.29 is 4.79 Å². The lowest BCUT2D eigenvalue weighted by molar-refractivity contribution is 0.0954. The second-order valence-corrected chi connectivity index (χ2v) is 4.49. The van der Waals surface area contributed by atoms with E-state index in [0.29, 0.717) is 12.1 Å². The normalized spacial score (nSPS) is 9.29. The van der Waals surface area contributed by atoms with Gasteiger partial charge in [-0.15, -0.1) is 24.8 Å². The molecule has 1 aromatic carbocycles. The molecule has 0 heterocycles. The first-order valence-electron chi connectivity index (χ1n) is 7.00. The lowest BCUT2D eigenvalue weighted by Crippen LogP contribution is -2.30. The van der Waals surface area contributed by atoms with Crippen molar-refractivity contribution in [2.75, 3.05) is 38.1 Å². The van der Waals surface area contributed by atoms with Crippen molar-refractivity contribution in [2.24, 2.45) is 0 Å². The zero-order chi connectivity index (χ0) is 14.1. The molecule has 0 aromatic heterocycles. The van der Waals surface area contributed by atoms with Gasteiger partial charge in [0.05, 0.1) is 0 Å². The van der Waals surface area contributed by atoms with E-state index in [1.54, 1.807) is 0 Å². The maximum Gasteiger partial charge on any atom is 0.251 e. The quantitative estimate of drug-likeness (QED) is 0.718. The summed E-state index contributed by atoms with van der Waals surface area (Å²) in [5.74, 6) is -0.0136. The first-order chi connectivity index (χ1) is 9.22. The summed E-state index contributed by atoms with van der Waals surface area (Å²) in [6.07, 6.45) is 1.13. The van der Waals surface area contributed by atoms with E-state index in [1.807, 2.05) is 31.3 Å². The zero-order valence-electron chi connectivity index (χ0n) is 13.0. The SMILES string of the molecule is CCCN(CC)c1ccc(C(=O)NCCNC)cc1.Cl.Cl. The number of nitrogens with zero attached hydrogens (tertiary/aromatic N) is 1. The Morgan fingerprint density at radius 3 is 2.19 bits per heavy atom. The molecule has 0 spiro atoms. The number of anilines is 1. The number of carbonyl (C=O) groups is 1. The molecule has 0 saturated heterocycles. The summed E-state index contributed by atoms with van der Waals surface area (Å²) in [6, 6.07) is 7.82. The third-order valence-corrected chi connectivity index (χ3v) is 3.03. The summed E-state index contributed by atoms with van der Waals surface area (Å²) < 4.78 is 0. The molecular weight excluding hydrogens is 309 g/mol. The maximum absolute atomic E-state index is 11.8. The molecule has 0 saturated carbocycles. The van der Waals surface area contributed by atoms with Gasteiger partial charge >= 0.3 is 0 Å². The molecule has 2 N–H and O–H groups in total. The predicted octanol–water partition coefficient (Wildman–Crippen LogP) is 2.72. The summed E-state index contributed by atoms with van der Waals surface area (Å²) >= 11 is 0. The van der Waals surface area contributed by atoms with Gasteiger partial charge in [0.1, 0.15) is 0 Å². The third-order valence-electron chi connectivity index (χ3n) is 3.03. The minimum Gasteiger partial charge on any atom is -0.372 e. The van der Waals surface area contributed by atoms with Crippen LogP contribution >= 0.6 is 24.8 Å². The highest BCUT2D eigenvalue weighted by atomic mass is 35.5. The number of rotatable bonds is 8. The average Bonchev–Trinajstić information content (AvgIpc) is 2.45. The van der Waals surface area contributed by atoms with Crippen LogP contribution in [-0.4, -0.2) is 39.1 Å². The predicted molar refractivity (Wildman–Crippen MR) is 95.4 cm³/mol. The molecule has 0 unspecified atom stereocenters. The van der Waals surface area contributed by atoms with Gasteiger partial charge in [-0.05, 0) is 44.7 Å². The lowest BCUT2D eigenvalue weighted by atomic mass is 10.1. The summed E-state index contributed by atoms with van der Waals surface area (Å²) in [5, 5.41) is 5.87. The number of halogens is 2. The van der Waals surface area contributed by atoms with E-state index in [-0.39, 0.29) is 30.7 Å². The highest BCUT2D eigenvalue weighted by Gasteiger charge is 2.06. The average molecular weight is 336 g/mol. The van der Waals surface area contributed by atoms with Gasteiger partial charge < -0.3 is 15.5 Å². The van der Waals surface area contributed by atoms with Gasteiger partial charge in [0, 0.05) is 37.4 Å². The largest absolute Gasteiger partial charge is 0.372 e. The van der Waals surface area contributed by atoms with Crippen LogP contribution < -0.4 is 15.5 Å². The monoisotopic (exact) mass is 335 g/mol. The van der Waals surface area contributed by atoms with Crippen LogP contribution in [0.4, 0.5) is 5.69 Å². The number of hydrogen-bond acceptors (Lipinski definition) is 3. The van der Waals surface area contributed by atoms with Crippen molar-refractivity contribution in [3.8, 4) is 0 Å². The van der Waals surface area contributed by atoms with Gasteiger partial charge in [-0.1, -0.05) is 6.92 Å². The molecule has 0 radical (unpaired) electrons. The van der Waals surface area contributed by atoms with Crippen molar-refractivity contribution >= 4 is 36.4 Å². The smallest absolute Gasteiger partial charge is 0.251 e. The standard InChI is InChI=1S/C15H25N3O.2ClH/c1-4-12-18(5-2)14-8-6-13(7-9-14)15(19)17-11-10-16-3;;/h6-9,16H,4-5,10-12H2,1-3H3,(H,17,19);2*1H. The van der Waals surface area contributed by atoms with Crippen molar-refractivity contribution in [2.45, 2.75) is 20.3 Å². The first-order valence-corrected chi connectivity index (χ1v) is 7.00. The number of likely N-dealkylation sites (N-methyl/N-ethyl adjacent to an activating group) is 1. The Morgan fingerprint density at radius 2 is 1.71 bits per heavy atom. The Kier molecular flexibility index (Phi) is 13.5. The van der Waals surface area contributed by atoms with Gasteiger partial charge in [-0.25, -0.2) is 0 Å². The van der Waals surface area contributed by atoms with Crippen LogP contribution in [0.25, 0.3) is 0 Å². The molecule has 0 fully saturated rings. The Morgan fingerprint density at radius 1 is 1.10 bits per heavy atom. The van der Waals surface area contributed by atoms with Crippen molar-refractivity contribution in [1.29, 1.82) is 0 Å². The highest BCUT2D eigenvalue weighted by molar-refractivity contribution is 5.94. The molecule has 6 heteroatoms. The molecule has 1 aromatic rings. The van der Waals surface area contributed by atoms with Crippen LogP contribution in [0, 0.1) is 0 Å². The molecular formula is C15H27Cl2N3O. The van der Waals surface area contributed by atoms with Crippen LogP contribution in [0.15, 0.2) is 24.3 Å². The van der Waals surface area contributed by atoms with E-state index in [0.717, 1.165) is 26.1 Å². The highest BCUT2D eigenvalue weighted by Crippen LogP contribution is 2.15. The Labute approximate surface area is 140 Å². The van der Waals surface area contributed by atoms with Crippen LogP contribution in [0.3, 0.4) is 0 Å². The van der Waals surface area contributed by atoms with E-state index < -0.39 is 0 Å². The molecule has 0 atom stereocenters. The molecule has 1 rings (SSSR count). The van der Waals surface area contributed by atoms with Crippen LogP contribution in [-0.2, 0) is 0 Å². The number of benzene rings is 1. The van der Waals surface area contributed by atoms with E-state index in [9.17, 15) is 4.79 Å². The Balaban J connectivity index is 0. The summed E-state index contributed by atoms with van der Waals surface area (Å²) in [7, 11) is 1.87. The maximum atomic E-state index is 11.8. The lowest BCUT2D eigenvalue weighted by Gasteiger charge is -2.22. The van der Waals surface area contributed by atoms with Gasteiger partial charge in [0.15, 0.2) is 0 Å². The molecule has 1 amide bonds. The molecule has 122 valence electrons.